The summed E-state index contributed by atoms with van der Waals surface area (Å²) >= 11 is 0. The number of carbonyl (C=O) groups excluding carboxylic acids is 1. The summed E-state index contributed by atoms with van der Waals surface area (Å²) in [5.74, 6) is 0.982. The van der Waals surface area contributed by atoms with Crippen molar-refractivity contribution in [2.24, 2.45) is 0 Å². The molecule has 0 bridgehead atoms. The number of hydrogen-bond donors (Lipinski definition) is 1. The molecule has 2 aromatic rings. The van der Waals surface area contributed by atoms with E-state index in [1.165, 1.54) is 0 Å². The lowest BCUT2D eigenvalue weighted by molar-refractivity contribution is -0.116. The smallest absolute Gasteiger partial charge is 0.231 e. The monoisotopic (exact) mass is 361 g/mol. The molecule has 7 heteroatoms. The van der Waals surface area contributed by atoms with Crippen LogP contribution in [-0.2, 0) is 20.4 Å². The third-order valence-corrected chi connectivity index (χ3v) is 5.43. The first kappa shape index (κ1) is 17.3. The third-order valence-electron chi connectivity index (χ3n) is 3.74. The predicted molar refractivity (Wildman–Crippen MR) is 94.4 cm³/mol. The predicted octanol–water partition coefficient (Wildman–Crippen LogP) is 2.75. The summed E-state index contributed by atoms with van der Waals surface area (Å²) in [6, 6.07) is 14.2. The van der Waals surface area contributed by atoms with E-state index in [1.54, 1.807) is 30.3 Å². The van der Waals surface area contributed by atoms with Crippen molar-refractivity contribution in [3.63, 3.8) is 0 Å². The number of benzene rings is 2. The molecule has 1 aliphatic heterocycles. The van der Waals surface area contributed by atoms with Gasteiger partial charge in [-0.25, -0.2) is 8.42 Å². The molecule has 0 radical (unpaired) electrons. The van der Waals surface area contributed by atoms with E-state index in [-0.39, 0.29) is 37.0 Å². The van der Waals surface area contributed by atoms with E-state index < -0.39 is 9.84 Å². The fourth-order valence-electron chi connectivity index (χ4n) is 2.55. The van der Waals surface area contributed by atoms with Crippen molar-refractivity contribution in [2.75, 3.05) is 17.9 Å². The normalized spacial score (nSPS) is 12.8. The Labute approximate surface area is 146 Å². The van der Waals surface area contributed by atoms with Crippen LogP contribution in [0.15, 0.2) is 48.5 Å². The first-order valence-corrected chi connectivity index (χ1v) is 9.78. The van der Waals surface area contributed by atoms with Gasteiger partial charge < -0.3 is 14.8 Å². The maximum atomic E-state index is 12.1. The van der Waals surface area contributed by atoms with Gasteiger partial charge in [0.05, 0.1) is 11.5 Å². The largest absolute Gasteiger partial charge is 0.454 e. The Morgan fingerprint density at radius 1 is 1.04 bits per heavy atom. The van der Waals surface area contributed by atoms with E-state index in [0.29, 0.717) is 17.2 Å². The number of ether oxygens (including phenoxy) is 2. The lowest BCUT2D eigenvalue weighted by Gasteiger charge is -2.07. The number of nitrogens with one attached hydrogen (secondary N) is 1. The molecule has 0 aliphatic carbocycles. The molecular weight excluding hydrogens is 342 g/mol. The van der Waals surface area contributed by atoms with Crippen LogP contribution in [0.25, 0.3) is 0 Å². The highest BCUT2D eigenvalue weighted by Crippen LogP contribution is 2.34. The van der Waals surface area contributed by atoms with Crippen LogP contribution in [-0.4, -0.2) is 26.9 Å². The van der Waals surface area contributed by atoms with Gasteiger partial charge in [-0.3, -0.25) is 4.79 Å². The highest BCUT2D eigenvalue weighted by molar-refractivity contribution is 7.90. The SMILES string of the molecule is O=C(CCCS(=O)(=O)Cc1ccccc1)Nc1ccc2c(c1)OCO2. The average molecular weight is 361 g/mol. The van der Waals surface area contributed by atoms with Crippen LogP contribution >= 0.6 is 0 Å². The average Bonchev–Trinajstić information content (AvgIpc) is 3.02. The Hall–Kier alpha value is -2.54. The fraction of sp³-hybridized carbons (Fsp3) is 0.278. The van der Waals surface area contributed by atoms with Gasteiger partial charge in [-0.2, -0.15) is 0 Å². The lowest BCUT2D eigenvalue weighted by Crippen LogP contribution is -2.15. The van der Waals surface area contributed by atoms with E-state index in [2.05, 4.69) is 5.32 Å². The molecule has 1 aliphatic rings. The highest BCUT2D eigenvalue weighted by Gasteiger charge is 2.15. The van der Waals surface area contributed by atoms with Crippen LogP contribution in [0.5, 0.6) is 11.5 Å². The minimum atomic E-state index is -3.23. The van der Waals surface area contributed by atoms with Gasteiger partial charge in [0, 0.05) is 18.2 Å². The molecule has 6 nitrogen and oxygen atoms in total. The summed E-state index contributed by atoms with van der Waals surface area (Å²) in [7, 11) is -3.23. The molecule has 25 heavy (non-hydrogen) atoms. The summed E-state index contributed by atoms with van der Waals surface area (Å²) in [4.78, 5) is 12.0. The minimum Gasteiger partial charge on any atom is -0.454 e. The number of anilines is 1. The van der Waals surface area contributed by atoms with E-state index in [9.17, 15) is 13.2 Å². The van der Waals surface area contributed by atoms with E-state index in [0.717, 1.165) is 5.56 Å². The first-order valence-electron chi connectivity index (χ1n) is 7.96. The third kappa shape index (κ3) is 4.96. The number of rotatable bonds is 7. The zero-order valence-corrected chi connectivity index (χ0v) is 14.4. The van der Waals surface area contributed by atoms with Gasteiger partial charge in [-0.05, 0) is 24.1 Å². The summed E-state index contributed by atoms with van der Waals surface area (Å²) in [5, 5.41) is 2.74. The van der Waals surface area contributed by atoms with Crippen LogP contribution in [0.2, 0.25) is 0 Å². The number of fused-ring (bicyclic) bond motifs is 1. The minimum absolute atomic E-state index is 0.00236. The second kappa shape index (κ2) is 7.57. The van der Waals surface area contributed by atoms with Gasteiger partial charge in [0.1, 0.15) is 0 Å². The van der Waals surface area contributed by atoms with Crippen LogP contribution in [0, 0.1) is 0 Å². The van der Waals surface area contributed by atoms with Crippen LogP contribution in [0.1, 0.15) is 18.4 Å². The van der Waals surface area contributed by atoms with Crippen LogP contribution < -0.4 is 14.8 Å². The van der Waals surface area contributed by atoms with Crippen molar-refractivity contribution in [2.45, 2.75) is 18.6 Å². The summed E-state index contributed by atoms with van der Waals surface area (Å²) < 4.78 is 34.7. The van der Waals surface area contributed by atoms with Gasteiger partial charge in [-0.15, -0.1) is 0 Å². The Morgan fingerprint density at radius 3 is 2.60 bits per heavy atom. The van der Waals surface area contributed by atoms with E-state index in [4.69, 9.17) is 9.47 Å². The summed E-state index contributed by atoms with van der Waals surface area (Å²) in [5.41, 5.74) is 1.36. The number of sulfone groups is 1. The number of carbonyl (C=O) groups is 1. The highest BCUT2D eigenvalue weighted by atomic mass is 32.2. The molecule has 132 valence electrons. The molecule has 1 heterocycles. The second-order valence-corrected chi connectivity index (χ2v) is 7.98. The Morgan fingerprint density at radius 2 is 1.80 bits per heavy atom. The molecule has 0 fully saturated rings. The quantitative estimate of drug-likeness (QED) is 0.820. The van der Waals surface area contributed by atoms with Crippen molar-refractivity contribution in [3.05, 3.63) is 54.1 Å². The molecular formula is C18H19NO5S. The van der Waals surface area contributed by atoms with Crippen molar-refractivity contribution in [3.8, 4) is 11.5 Å². The molecule has 1 N–H and O–H groups in total. The molecule has 1 amide bonds. The fourth-order valence-corrected chi connectivity index (χ4v) is 3.98. The Kier molecular flexibility index (Phi) is 5.23. The van der Waals surface area contributed by atoms with Gasteiger partial charge in [-0.1, -0.05) is 30.3 Å². The standard InChI is InChI=1S/C18H19NO5S/c20-18(19-15-8-9-16-17(11-15)24-13-23-16)7-4-10-25(21,22)12-14-5-2-1-3-6-14/h1-3,5-6,8-9,11H,4,7,10,12-13H2,(H,19,20). The van der Waals surface area contributed by atoms with Gasteiger partial charge >= 0.3 is 0 Å². The van der Waals surface area contributed by atoms with E-state index >= 15 is 0 Å². The maximum Gasteiger partial charge on any atom is 0.231 e. The van der Waals surface area contributed by atoms with Gasteiger partial charge in [0.25, 0.3) is 0 Å². The molecule has 0 aromatic heterocycles. The lowest BCUT2D eigenvalue weighted by atomic mass is 10.2. The number of hydrogen-bond acceptors (Lipinski definition) is 5. The van der Waals surface area contributed by atoms with Crippen LogP contribution in [0.4, 0.5) is 5.69 Å². The molecule has 0 saturated heterocycles. The second-order valence-electron chi connectivity index (χ2n) is 5.80. The van der Waals surface area contributed by atoms with Crippen LogP contribution in [0.3, 0.4) is 0 Å². The van der Waals surface area contributed by atoms with Gasteiger partial charge in [0.2, 0.25) is 12.7 Å². The Bertz CT molecular complexity index is 849. The zero-order valence-electron chi connectivity index (χ0n) is 13.6. The van der Waals surface area contributed by atoms with Crippen molar-refractivity contribution < 1.29 is 22.7 Å². The Balaban J connectivity index is 1.46. The summed E-state index contributed by atoms with van der Waals surface area (Å²) in [6.07, 6.45) is 0.425. The molecule has 3 rings (SSSR count). The molecule has 0 unspecified atom stereocenters. The zero-order chi connectivity index (χ0) is 17.7. The van der Waals surface area contributed by atoms with E-state index in [1.807, 2.05) is 18.2 Å². The van der Waals surface area contributed by atoms with Crippen molar-refractivity contribution in [1.82, 2.24) is 0 Å². The number of amides is 1. The first-order chi connectivity index (χ1) is 12.0. The van der Waals surface area contributed by atoms with Crippen molar-refractivity contribution >= 4 is 21.4 Å². The van der Waals surface area contributed by atoms with Crippen molar-refractivity contribution in [1.29, 1.82) is 0 Å². The maximum absolute atomic E-state index is 12.1. The topological polar surface area (TPSA) is 81.7 Å². The molecule has 0 spiro atoms. The molecule has 2 aromatic carbocycles. The van der Waals surface area contributed by atoms with Gasteiger partial charge in [0.15, 0.2) is 21.3 Å². The summed E-state index contributed by atoms with van der Waals surface area (Å²) in [6.45, 7) is 0.173. The molecule has 0 saturated carbocycles. The molecule has 0 atom stereocenters.